The Kier molecular flexibility index (Phi) is 4.33. The second-order valence-electron chi connectivity index (χ2n) is 7.97. The first-order valence-electron chi connectivity index (χ1n) is 9.80. The normalized spacial score (nSPS) is 27.4. The van der Waals surface area contributed by atoms with Gasteiger partial charge in [0.25, 0.3) is 5.91 Å². The Bertz CT molecular complexity index is 810. The molecule has 1 amide bonds. The van der Waals surface area contributed by atoms with Crippen molar-refractivity contribution >= 4 is 17.2 Å². The summed E-state index contributed by atoms with van der Waals surface area (Å²) < 4.78 is 10.9. The summed E-state index contributed by atoms with van der Waals surface area (Å²) in [5, 5.41) is 0.834. The number of likely N-dealkylation sites (tertiary alicyclic amines) is 2. The van der Waals surface area contributed by atoms with E-state index in [1.165, 1.54) is 11.3 Å². The fourth-order valence-electron chi connectivity index (χ4n) is 5.21. The predicted molar refractivity (Wildman–Crippen MR) is 103 cm³/mol. The minimum Gasteiger partial charge on any atom is -0.472 e. The number of thiazole rings is 1. The zero-order chi connectivity index (χ0) is 18.4. The molecule has 0 unspecified atom stereocenters. The number of amides is 1. The first-order valence-corrected chi connectivity index (χ1v) is 10.6. The van der Waals surface area contributed by atoms with Gasteiger partial charge in [0.2, 0.25) is 0 Å². The van der Waals surface area contributed by atoms with E-state index in [1.807, 2.05) is 11.0 Å². The van der Waals surface area contributed by atoms with Crippen LogP contribution in [0, 0.1) is 11.3 Å². The van der Waals surface area contributed by atoms with Crippen LogP contribution in [0.5, 0.6) is 0 Å². The number of ether oxygens (including phenoxy) is 1. The molecule has 5 rings (SSSR count). The van der Waals surface area contributed by atoms with Gasteiger partial charge in [-0.3, -0.25) is 9.69 Å². The molecule has 1 spiro atoms. The summed E-state index contributed by atoms with van der Waals surface area (Å²) in [5.41, 5.74) is 1.25. The summed E-state index contributed by atoms with van der Waals surface area (Å²) in [6.07, 6.45) is 7.15. The topological polar surface area (TPSA) is 58.8 Å². The summed E-state index contributed by atoms with van der Waals surface area (Å²) in [5.74, 6) is 0.743. The molecule has 6 nitrogen and oxygen atoms in total. The lowest BCUT2D eigenvalue weighted by Gasteiger charge is -2.42. The molecule has 0 radical (unpaired) electrons. The summed E-state index contributed by atoms with van der Waals surface area (Å²) in [4.78, 5) is 22.7. The Hall–Kier alpha value is -1.70. The van der Waals surface area contributed by atoms with E-state index in [2.05, 4.69) is 16.8 Å². The molecule has 7 heteroatoms. The molecular weight excluding hydrogens is 362 g/mol. The van der Waals surface area contributed by atoms with Crippen LogP contribution in [0.2, 0.25) is 0 Å². The minimum absolute atomic E-state index is 0.113. The van der Waals surface area contributed by atoms with Crippen molar-refractivity contribution in [2.24, 2.45) is 11.3 Å². The Labute approximate surface area is 163 Å². The lowest BCUT2D eigenvalue weighted by molar-refractivity contribution is 0.0405. The second kappa shape index (κ2) is 6.72. The molecule has 2 atom stereocenters. The summed E-state index contributed by atoms with van der Waals surface area (Å²) >= 11 is 1.45. The smallest absolute Gasteiger partial charge is 0.265 e. The number of fused-ring (bicyclic) bond motifs is 2. The van der Waals surface area contributed by atoms with Crippen molar-refractivity contribution in [2.45, 2.75) is 25.8 Å². The van der Waals surface area contributed by atoms with Gasteiger partial charge in [-0.05, 0) is 30.9 Å². The maximum absolute atomic E-state index is 13.0. The highest BCUT2D eigenvalue weighted by molar-refractivity contribution is 7.16. The van der Waals surface area contributed by atoms with E-state index < -0.39 is 0 Å². The first kappa shape index (κ1) is 17.4. The molecule has 0 N–H and O–H groups in total. The van der Waals surface area contributed by atoms with Gasteiger partial charge in [0.15, 0.2) is 0 Å². The number of nitrogens with zero attached hydrogens (tertiary/aromatic N) is 3. The van der Waals surface area contributed by atoms with Crippen molar-refractivity contribution in [3.8, 4) is 10.6 Å². The highest BCUT2D eigenvalue weighted by atomic mass is 32.1. The van der Waals surface area contributed by atoms with Crippen LogP contribution in [0.4, 0.5) is 0 Å². The molecule has 2 aromatic rings. The van der Waals surface area contributed by atoms with Gasteiger partial charge in [0.05, 0.1) is 25.7 Å². The third-order valence-electron chi connectivity index (χ3n) is 6.76. The van der Waals surface area contributed by atoms with Crippen molar-refractivity contribution in [3.05, 3.63) is 29.7 Å². The lowest BCUT2D eigenvalue weighted by atomic mass is 9.70. The number of rotatable bonds is 3. The number of piperidine rings is 1. The van der Waals surface area contributed by atoms with Crippen LogP contribution < -0.4 is 0 Å². The third-order valence-corrected chi connectivity index (χ3v) is 7.80. The van der Waals surface area contributed by atoms with Gasteiger partial charge >= 0.3 is 0 Å². The molecule has 3 aliphatic rings. The van der Waals surface area contributed by atoms with Gasteiger partial charge in [-0.15, -0.1) is 11.3 Å². The average molecular weight is 388 g/mol. The van der Waals surface area contributed by atoms with Crippen LogP contribution in [-0.2, 0) is 4.74 Å². The van der Waals surface area contributed by atoms with Crippen molar-refractivity contribution in [2.75, 3.05) is 39.4 Å². The van der Waals surface area contributed by atoms with Gasteiger partial charge in [0, 0.05) is 37.2 Å². The largest absolute Gasteiger partial charge is 0.472 e. The van der Waals surface area contributed by atoms with Crippen LogP contribution >= 0.6 is 11.3 Å². The minimum atomic E-state index is 0.113. The molecule has 3 aliphatic heterocycles. The van der Waals surface area contributed by atoms with Gasteiger partial charge < -0.3 is 14.1 Å². The van der Waals surface area contributed by atoms with E-state index in [9.17, 15) is 4.79 Å². The number of aromatic nitrogens is 1. The van der Waals surface area contributed by atoms with E-state index in [1.54, 1.807) is 18.7 Å². The molecule has 144 valence electrons. The van der Waals surface area contributed by atoms with E-state index >= 15 is 0 Å². The number of carbonyl (C=O) groups is 1. The zero-order valence-corrected chi connectivity index (χ0v) is 16.4. The maximum atomic E-state index is 13.0. The fourth-order valence-corrected chi connectivity index (χ4v) is 6.08. The van der Waals surface area contributed by atoms with Crippen molar-refractivity contribution in [1.82, 2.24) is 14.8 Å². The second-order valence-corrected chi connectivity index (χ2v) is 9.00. The van der Waals surface area contributed by atoms with Gasteiger partial charge in [-0.2, -0.15) is 0 Å². The molecule has 2 aromatic heterocycles. The Morgan fingerprint density at radius 1 is 1.37 bits per heavy atom. The number of likely N-dealkylation sites (N-methyl/N-ethyl adjacent to an activating group) is 1. The predicted octanol–water partition coefficient (Wildman–Crippen LogP) is 2.98. The van der Waals surface area contributed by atoms with Crippen LogP contribution in [0.3, 0.4) is 0 Å². The van der Waals surface area contributed by atoms with E-state index in [0.717, 1.165) is 62.8 Å². The van der Waals surface area contributed by atoms with E-state index in [4.69, 9.17) is 9.15 Å². The lowest BCUT2D eigenvalue weighted by Crippen LogP contribution is -2.46. The number of furan rings is 1. The van der Waals surface area contributed by atoms with Gasteiger partial charge in [-0.1, -0.05) is 6.92 Å². The molecular formula is C20H25N3O3S. The molecule has 3 fully saturated rings. The van der Waals surface area contributed by atoms with Crippen molar-refractivity contribution < 1.29 is 13.9 Å². The van der Waals surface area contributed by atoms with Crippen molar-refractivity contribution in [1.29, 1.82) is 0 Å². The number of carbonyl (C=O) groups excluding carboxylic acids is 1. The molecule has 5 heterocycles. The SMILES string of the molecule is CCN1CC2(CCN(C(=O)c3cnc(-c4ccoc4)s3)CC2)[C@@H]2COC[C@@H]21. The molecule has 0 saturated carbocycles. The van der Waals surface area contributed by atoms with Crippen molar-refractivity contribution in [3.63, 3.8) is 0 Å². The first-order chi connectivity index (χ1) is 13.2. The molecule has 0 bridgehead atoms. The monoisotopic (exact) mass is 387 g/mol. The van der Waals surface area contributed by atoms with Crippen LogP contribution in [-0.4, -0.2) is 66.1 Å². The third kappa shape index (κ3) is 2.83. The highest BCUT2D eigenvalue weighted by Crippen LogP contribution is 2.50. The Morgan fingerprint density at radius 2 is 2.22 bits per heavy atom. The van der Waals surface area contributed by atoms with E-state index in [0.29, 0.717) is 22.3 Å². The number of hydrogen-bond acceptors (Lipinski definition) is 6. The van der Waals surface area contributed by atoms with Gasteiger partial charge in [-0.25, -0.2) is 4.98 Å². The van der Waals surface area contributed by atoms with Crippen LogP contribution in [0.15, 0.2) is 29.2 Å². The molecule has 0 aromatic carbocycles. The Balaban J connectivity index is 1.27. The van der Waals surface area contributed by atoms with Gasteiger partial charge in [0.1, 0.15) is 16.1 Å². The number of hydrogen-bond donors (Lipinski definition) is 0. The standard InChI is InChI=1S/C20H25N3O3S/c1-2-22-13-20(15-11-26-12-16(15)22)4-6-23(7-5-20)19(24)17-9-21-18(27-17)14-3-8-25-10-14/h3,8-10,15-16H,2,4-7,11-13H2,1H3/t15-,16+/m1/s1. The zero-order valence-electron chi connectivity index (χ0n) is 15.6. The highest BCUT2D eigenvalue weighted by Gasteiger charge is 2.55. The van der Waals surface area contributed by atoms with Crippen LogP contribution in [0.25, 0.3) is 10.6 Å². The maximum Gasteiger partial charge on any atom is 0.265 e. The van der Waals surface area contributed by atoms with Crippen LogP contribution in [0.1, 0.15) is 29.4 Å². The quantitative estimate of drug-likeness (QED) is 0.810. The average Bonchev–Trinajstić information content (AvgIpc) is 3.47. The Morgan fingerprint density at radius 3 is 2.96 bits per heavy atom. The fraction of sp³-hybridized carbons (Fsp3) is 0.600. The molecule has 3 saturated heterocycles. The molecule has 0 aliphatic carbocycles. The summed E-state index contributed by atoms with van der Waals surface area (Å²) in [7, 11) is 0. The molecule has 27 heavy (non-hydrogen) atoms. The summed E-state index contributed by atoms with van der Waals surface area (Å²) in [6, 6.07) is 2.45. The summed E-state index contributed by atoms with van der Waals surface area (Å²) in [6.45, 7) is 7.92. The van der Waals surface area contributed by atoms with E-state index in [-0.39, 0.29) is 5.91 Å².